The van der Waals surface area contributed by atoms with Gasteiger partial charge in [0.25, 0.3) is 5.91 Å². The van der Waals surface area contributed by atoms with Crippen molar-refractivity contribution in [1.29, 1.82) is 0 Å². The summed E-state index contributed by atoms with van der Waals surface area (Å²) in [7, 11) is 1.26. The maximum Gasteiger partial charge on any atom is 0.328 e. The molecule has 0 saturated carbocycles. The fourth-order valence-corrected chi connectivity index (χ4v) is 1.53. The molecule has 0 bridgehead atoms. The Labute approximate surface area is 114 Å². The van der Waals surface area contributed by atoms with Gasteiger partial charge in [0.15, 0.2) is 5.78 Å². The van der Waals surface area contributed by atoms with Crippen molar-refractivity contribution in [3.8, 4) is 0 Å². The van der Waals surface area contributed by atoms with Crippen molar-refractivity contribution in [2.75, 3.05) is 7.11 Å². The lowest BCUT2D eigenvalue weighted by Crippen LogP contribution is -2.46. The third-order valence-electron chi connectivity index (χ3n) is 2.53. The Morgan fingerprint density at radius 3 is 1.95 bits per heavy atom. The lowest BCUT2D eigenvalue weighted by molar-refractivity contribution is -0.146. The minimum atomic E-state index is -0.757. The van der Waals surface area contributed by atoms with E-state index >= 15 is 0 Å². The van der Waals surface area contributed by atoms with Crippen LogP contribution in [-0.4, -0.2) is 30.8 Å². The molecule has 0 heterocycles. The third-order valence-corrected chi connectivity index (χ3v) is 2.53. The Morgan fingerprint density at radius 2 is 1.63 bits per heavy atom. The van der Waals surface area contributed by atoms with Crippen LogP contribution in [0.3, 0.4) is 0 Å². The Hall–Kier alpha value is -1.65. The molecule has 1 atom stereocenters. The third kappa shape index (κ3) is 5.68. The molecule has 0 aliphatic heterocycles. The first-order valence-corrected chi connectivity index (χ1v) is 6.32. The van der Waals surface area contributed by atoms with Crippen molar-refractivity contribution in [3.05, 3.63) is 11.6 Å². The normalized spacial score (nSPS) is 13.4. The van der Waals surface area contributed by atoms with Gasteiger partial charge in [-0.1, -0.05) is 33.8 Å². The van der Waals surface area contributed by atoms with Gasteiger partial charge in [0, 0.05) is 0 Å². The van der Waals surface area contributed by atoms with Crippen LogP contribution in [0, 0.1) is 11.8 Å². The molecule has 1 N–H and O–H groups in total. The number of esters is 1. The highest BCUT2D eigenvalue weighted by Gasteiger charge is 2.27. The molecular weight excluding hydrogens is 246 g/mol. The number of nitrogens with one attached hydrogen (secondary N) is 1. The largest absolute Gasteiger partial charge is 0.467 e. The van der Waals surface area contributed by atoms with E-state index in [1.54, 1.807) is 19.9 Å². The number of ether oxygens (including phenoxy) is 1. The molecule has 19 heavy (non-hydrogen) atoms. The molecule has 0 unspecified atom stereocenters. The molecule has 0 aromatic rings. The van der Waals surface area contributed by atoms with Crippen molar-refractivity contribution in [1.82, 2.24) is 5.32 Å². The number of carbonyl (C=O) groups is 3. The molecule has 0 fully saturated rings. The minimum absolute atomic E-state index is 0.0697. The van der Waals surface area contributed by atoms with Gasteiger partial charge in [0.1, 0.15) is 6.04 Å². The maximum atomic E-state index is 12.0. The van der Waals surface area contributed by atoms with E-state index in [0.717, 1.165) is 0 Å². The second-order valence-electron chi connectivity index (χ2n) is 5.10. The number of carbonyl (C=O) groups excluding carboxylic acids is 3. The molecule has 108 valence electrons. The van der Waals surface area contributed by atoms with E-state index in [0.29, 0.717) is 0 Å². The molecule has 0 saturated heterocycles. The molecule has 0 aliphatic carbocycles. The van der Waals surface area contributed by atoms with Gasteiger partial charge in [-0.25, -0.2) is 4.79 Å². The minimum Gasteiger partial charge on any atom is -0.467 e. The Morgan fingerprint density at radius 1 is 1.11 bits per heavy atom. The van der Waals surface area contributed by atoms with Crippen molar-refractivity contribution in [2.45, 2.75) is 40.7 Å². The lowest BCUT2D eigenvalue weighted by Gasteiger charge is -2.20. The van der Waals surface area contributed by atoms with Crippen LogP contribution in [0.2, 0.25) is 0 Å². The number of Topliss-reactive ketones (excluding diaryl/α,β-unsaturated/α-hetero) is 1. The van der Waals surface area contributed by atoms with E-state index in [9.17, 15) is 14.4 Å². The zero-order valence-corrected chi connectivity index (χ0v) is 12.4. The Bertz CT molecular complexity index is 383. The van der Waals surface area contributed by atoms with E-state index < -0.39 is 17.9 Å². The highest BCUT2D eigenvalue weighted by molar-refractivity contribution is 6.18. The summed E-state index contributed by atoms with van der Waals surface area (Å²) < 4.78 is 4.64. The van der Waals surface area contributed by atoms with E-state index in [2.05, 4.69) is 10.1 Å². The van der Waals surface area contributed by atoms with Crippen LogP contribution in [0.15, 0.2) is 11.6 Å². The van der Waals surface area contributed by atoms with Gasteiger partial charge in [-0.3, -0.25) is 9.59 Å². The highest BCUT2D eigenvalue weighted by atomic mass is 16.5. The van der Waals surface area contributed by atoms with Crippen molar-refractivity contribution >= 4 is 17.7 Å². The first kappa shape index (κ1) is 17.4. The number of rotatable bonds is 6. The van der Waals surface area contributed by atoms with Crippen LogP contribution in [-0.2, 0) is 19.1 Å². The van der Waals surface area contributed by atoms with Gasteiger partial charge in [-0.2, -0.15) is 0 Å². The Balaban J connectivity index is 5.08. The zero-order chi connectivity index (χ0) is 15.2. The number of allylic oxidation sites excluding steroid dienone is 1. The second-order valence-corrected chi connectivity index (χ2v) is 5.10. The summed E-state index contributed by atoms with van der Waals surface area (Å²) >= 11 is 0. The predicted molar refractivity (Wildman–Crippen MR) is 72.4 cm³/mol. The van der Waals surface area contributed by atoms with Crippen molar-refractivity contribution in [3.63, 3.8) is 0 Å². The fraction of sp³-hybridized carbons (Fsp3) is 0.643. The number of hydrogen-bond donors (Lipinski definition) is 1. The van der Waals surface area contributed by atoms with Crippen molar-refractivity contribution in [2.24, 2.45) is 11.8 Å². The zero-order valence-electron chi connectivity index (χ0n) is 12.4. The summed E-state index contributed by atoms with van der Waals surface area (Å²) in [6.45, 7) is 8.66. The summed E-state index contributed by atoms with van der Waals surface area (Å²) in [4.78, 5) is 35.1. The molecule has 5 nitrogen and oxygen atoms in total. The topological polar surface area (TPSA) is 72.5 Å². The molecule has 0 radical (unpaired) electrons. The number of ketones is 1. The predicted octanol–water partition coefficient (Wildman–Crippen LogP) is 1.47. The van der Waals surface area contributed by atoms with E-state index in [-0.39, 0.29) is 23.2 Å². The van der Waals surface area contributed by atoms with Crippen LogP contribution in [0.1, 0.15) is 34.6 Å². The van der Waals surface area contributed by atoms with Gasteiger partial charge in [0.05, 0.1) is 12.7 Å². The molecular formula is C14H23NO4. The van der Waals surface area contributed by atoms with Crippen LogP contribution < -0.4 is 5.32 Å². The van der Waals surface area contributed by atoms with Crippen LogP contribution in [0.5, 0.6) is 0 Å². The van der Waals surface area contributed by atoms with Crippen LogP contribution in [0.25, 0.3) is 0 Å². The quantitative estimate of drug-likeness (QED) is 0.343. The first-order chi connectivity index (χ1) is 8.70. The smallest absolute Gasteiger partial charge is 0.328 e. The van der Waals surface area contributed by atoms with E-state index in [1.165, 1.54) is 14.0 Å². The second kappa shape index (κ2) is 7.71. The molecule has 0 spiro atoms. The molecule has 0 aliphatic rings. The molecule has 0 aromatic heterocycles. The molecule has 0 rings (SSSR count). The SMILES string of the molecule is COC(=O)[C@@H](NC(=O)/C(=C/C(C)C)C(C)=O)C(C)C. The van der Waals surface area contributed by atoms with Gasteiger partial charge in [0.2, 0.25) is 0 Å². The van der Waals surface area contributed by atoms with E-state index in [4.69, 9.17) is 0 Å². The van der Waals surface area contributed by atoms with Gasteiger partial charge in [-0.15, -0.1) is 0 Å². The summed E-state index contributed by atoms with van der Waals surface area (Å²) in [5, 5.41) is 2.55. The van der Waals surface area contributed by atoms with Gasteiger partial charge >= 0.3 is 5.97 Å². The van der Waals surface area contributed by atoms with Gasteiger partial charge < -0.3 is 10.1 Å². The van der Waals surface area contributed by atoms with Crippen LogP contribution >= 0.6 is 0 Å². The standard InChI is InChI=1S/C14H23NO4/c1-8(2)7-11(10(5)16)13(17)15-12(9(3)4)14(18)19-6/h7-9,12H,1-6H3,(H,15,17)/b11-7+/t12-/m0/s1. The summed E-state index contributed by atoms with van der Waals surface area (Å²) in [6.07, 6.45) is 1.59. The van der Waals surface area contributed by atoms with E-state index in [1.807, 2.05) is 13.8 Å². The number of hydrogen-bond acceptors (Lipinski definition) is 4. The molecule has 0 aromatic carbocycles. The lowest BCUT2D eigenvalue weighted by atomic mass is 10.0. The fourth-order valence-electron chi connectivity index (χ4n) is 1.53. The van der Waals surface area contributed by atoms with Gasteiger partial charge in [-0.05, 0) is 18.8 Å². The number of methoxy groups -OCH3 is 1. The summed E-state index contributed by atoms with van der Waals surface area (Å²) in [5.41, 5.74) is 0.0737. The Kier molecular flexibility index (Phi) is 7.04. The van der Waals surface area contributed by atoms with Crippen LogP contribution in [0.4, 0.5) is 0 Å². The average molecular weight is 269 g/mol. The monoisotopic (exact) mass is 269 g/mol. The number of amides is 1. The highest BCUT2D eigenvalue weighted by Crippen LogP contribution is 2.08. The first-order valence-electron chi connectivity index (χ1n) is 6.32. The molecule has 1 amide bonds. The molecule has 5 heteroatoms. The summed E-state index contributed by atoms with van der Waals surface area (Å²) in [6, 6.07) is -0.757. The van der Waals surface area contributed by atoms with Crippen molar-refractivity contribution < 1.29 is 19.1 Å². The summed E-state index contributed by atoms with van der Waals surface area (Å²) in [5.74, 6) is -1.43. The average Bonchev–Trinajstić information content (AvgIpc) is 2.30. The maximum absolute atomic E-state index is 12.0.